The topological polar surface area (TPSA) is 139 Å². The molecule has 0 saturated carbocycles. The van der Waals surface area contributed by atoms with Crippen LogP contribution in [0.3, 0.4) is 0 Å². The molecule has 2 aromatic heterocycles. The van der Waals surface area contributed by atoms with Crippen LogP contribution in [-0.2, 0) is 0 Å². The third-order valence-electron chi connectivity index (χ3n) is 1.85. The molecule has 0 amide bonds. The van der Waals surface area contributed by atoms with E-state index in [2.05, 4.69) is 19.9 Å². The first-order chi connectivity index (χ1) is 8.56. The molecule has 0 saturated heterocycles. The van der Waals surface area contributed by atoms with Crippen molar-refractivity contribution in [3.63, 3.8) is 0 Å². The van der Waals surface area contributed by atoms with Crippen LogP contribution >= 0.6 is 11.8 Å². The van der Waals surface area contributed by atoms with E-state index in [0.717, 1.165) is 0 Å². The van der Waals surface area contributed by atoms with Crippen molar-refractivity contribution in [3.8, 4) is 5.88 Å². The Bertz CT molecular complexity index is 557. The normalized spacial score (nSPS) is 10.3. The lowest BCUT2D eigenvalue weighted by Gasteiger charge is -2.04. The van der Waals surface area contributed by atoms with Gasteiger partial charge in [0.05, 0.1) is 7.11 Å². The first-order valence-corrected chi connectivity index (χ1v) is 5.65. The van der Waals surface area contributed by atoms with Gasteiger partial charge in [-0.1, -0.05) is 0 Å². The number of nitrogens with zero attached hydrogens (tertiary/aromatic N) is 4. The van der Waals surface area contributed by atoms with Crippen molar-refractivity contribution >= 4 is 29.3 Å². The van der Waals surface area contributed by atoms with Gasteiger partial charge in [-0.15, -0.1) is 0 Å². The highest BCUT2D eigenvalue weighted by atomic mass is 32.2. The smallest absolute Gasteiger partial charge is 0.224 e. The van der Waals surface area contributed by atoms with E-state index in [1.54, 1.807) is 6.07 Å². The predicted octanol–water partition coefficient (Wildman–Crippen LogP) is 0.173. The van der Waals surface area contributed by atoms with Crippen molar-refractivity contribution < 1.29 is 4.74 Å². The Hall–Kier alpha value is -2.29. The summed E-state index contributed by atoms with van der Waals surface area (Å²) in [5.41, 5.74) is 16.7. The molecule has 2 heterocycles. The Balaban J connectivity index is 2.30. The molecule has 0 aliphatic carbocycles. The van der Waals surface area contributed by atoms with Gasteiger partial charge in [0.15, 0.2) is 5.16 Å². The van der Waals surface area contributed by atoms with E-state index in [1.807, 2.05) is 0 Å². The number of aromatic nitrogens is 4. The fourth-order valence-electron chi connectivity index (χ4n) is 1.18. The lowest BCUT2D eigenvalue weighted by atomic mass is 10.5. The van der Waals surface area contributed by atoms with Crippen LogP contribution in [-0.4, -0.2) is 27.0 Å². The zero-order chi connectivity index (χ0) is 13.1. The summed E-state index contributed by atoms with van der Waals surface area (Å²) in [6.07, 6.45) is 0. The first-order valence-electron chi connectivity index (χ1n) is 4.83. The summed E-state index contributed by atoms with van der Waals surface area (Å²) in [6.45, 7) is 0. The van der Waals surface area contributed by atoms with Crippen LogP contribution in [0.4, 0.5) is 17.6 Å². The molecule has 8 nitrogen and oxygen atoms in total. The van der Waals surface area contributed by atoms with Gasteiger partial charge in [-0.2, -0.15) is 4.98 Å². The van der Waals surface area contributed by atoms with E-state index in [0.29, 0.717) is 27.7 Å². The minimum Gasteiger partial charge on any atom is -0.481 e. The van der Waals surface area contributed by atoms with Crippen molar-refractivity contribution in [2.24, 2.45) is 0 Å². The maximum atomic E-state index is 5.57. The Morgan fingerprint density at radius 3 is 2.28 bits per heavy atom. The average molecular weight is 265 g/mol. The molecule has 94 valence electrons. The molecule has 0 aliphatic rings. The molecule has 0 aromatic carbocycles. The third kappa shape index (κ3) is 2.88. The minimum atomic E-state index is 0.105. The van der Waals surface area contributed by atoms with Gasteiger partial charge in [0.1, 0.15) is 16.7 Å². The molecule has 18 heavy (non-hydrogen) atoms. The SMILES string of the molecule is COc1cc(Sc2nc(N)cc(N)n2)nc(N)n1. The maximum Gasteiger partial charge on any atom is 0.224 e. The lowest BCUT2D eigenvalue weighted by molar-refractivity contribution is 0.396. The number of rotatable bonds is 3. The van der Waals surface area contributed by atoms with Crippen LogP contribution in [0, 0.1) is 0 Å². The summed E-state index contributed by atoms with van der Waals surface area (Å²) in [4.78, 5) is 15.9. The predicted molar refractivity (Wildman–Crippen MR) is 68.0 cm³/mol. The number of anilines is 3. The van der Waals surface area contributed by atoms with Gasteiger partial charge in [0.25, 0.3) is 0 Å². The van der Waals surface area contributed by atoms with E-state index in [-0.39, 0.29) is 5.95 Å². The van der Waals surface area contributed by atoms with Crippen LogP contribution in [0.2, 0.25) is 0 Å². The summed E-state index contributed by atoms with van der Waals surface area (Å²) < 4.78 is 4.99. The van der Waals surface area contributed by atoms with Crippen molar-refractivity contribution in [2.75, 3.05) is 24.3 Å². The Morgan fingerprint density at radius 2 is 1.67 bits per heavy atom. The van der Waals surface area contributed by atoms with Crippen molar-refractivity contribution in [3.05, 3.63) is 12.1 Å². The number of nitrogen functional groups attached to an aromatic ring is 3. The number of hydrogen-bond donors (Lipinski definition) is 3. The Kier molecular flexibility index (Phi) is 3.33. The Labute approximate surface area is 107 Å². The summed E-state index contributed by atoms with van der Waals surface area (Å²) >= 11 is 1.17. The van der Waals surface area contributed by atoms with Gasteiger partial charge in [0, 0.05) is 12.1 Å². The highest BCUT2D eigenvalue weighted by Crippen LogP contribution is 2.26. The summed E-state index contributed by atoms with van der Waals surface area (Å²) in [5, 5.41) is 0.928. The van der Waals surface area contributed by atoms with Gasteiger partial charge in [-0.25, -0.2) is 15.0 Å². The largest absolute Gasteiger partial charge is 0.481 e. The van der Waals surface area contributed by atoms with E-state index in [4.69, 9.17) is 21.9 Å². The standard InChI is InChI=1S/C9H11N7OS/c1-17-6-3-7(16-8(12)15-6)18-9-13-4(10)2-5(11)14-9/h2-3H,1H3,(H2,12,15,16)(H4,10,11,13,14). The second-order valence-electron chi connectivity index (χ2n) is 3.21. The van der Waals surface area contributed by atoms with E-state index < -0.39 is 0 Å². The van der Waals surface area contributed by atoms with Crippen LogP contribution in [0.25, 0.3) is 0 Å². The van der Waals surface area contributed by atoms with Crippen LogP contribution in [0.5, 0.6) is 5.88 Å². The summed E-state index contributed by atoms with van der Waals surface area (Å²) in [6, 6.07) is 3.09. The number of ether oxygens (including phenoxy) is 1. The lowest BCUT2D eigenvalue weighted by Crippen LogP contribution is -2.01. The van der Waals surface area contributed by atoms with Crippen LogP contribution in [0.15, 0.2) is 22.3 Å². The molecule has 2 aromatic rings. The molecule has 0 aliphatic heterocycles. The van der Waals surface area contributed by atoms with Crippen LogP contribution in [0.1, 0.15) is 0 Å². The van der Waals surface area contributed by atoms with Gasteiger partial charge >= 0.3 is 0 Å². The molecule has 0 spiro atoms. The van der Waals surface area contributed by atoms with Gasteiger partial charge < -0.3 is 21.9 Å². The zero-order valence-electron chi connectivity index (χ0n) is 9.49. The summed E-state index contributed by atoms with van der Waals surface area (Å²) in [7, 11) is 1.49. The molecule has 2 rings (SSSR count). The quantitative estimate of drug-likeness (QED) is 0.523. The molecule has 0 bridgehead atoms. The molecule has 9 heteroatoms. The van der Waals surface area contributed by atoms with Gasteiger partial charge in [-0.3, -0.25) is 0 Å². The first kappa shape index (κ1) is 12.2. The van der Waals surface area contributed by atoms with Crippen molar-refractivity contribution in [1.82, 2.24) is 19.9 Å². The minimum absolute atomic E-state index is 0.105. The Morgan fingerprint density at radius 1 is 1.00 bits per heavy atom. The molecule has 0 fully saturated rings. The number of nitrogens with two attached hydrogens (primary N) is 3. The molecule has 0 unspecified atom stereocenters. The van der Waals surface area contributed by atoms with E-state index >= 15 is 0 Å². The van der Waals surface area contributed by atoms with Crippen LogP contribution < -0.4 is 21.9 Å². The summed E-state index contributed by atoms with van der Waals surface area (Å²) in [5.74, 6) is 1.05. The monoisotopic (exact) mass is 265 g/mol. The highest BCUT2D eigenvalue weighted by Gasteiger charge is 2.08. The molecule has 0 atom stereocenters. The molecule has 0 radical (unpaired) electrons. The second-order valence-corrected chi connectivity index (χ2v) is 4.20. The number of hydrogen-bond acceptors (Lipinski definition) is 9. The average Bonchev–Trinajstić information content (AvgIpc) is 2.26. The third-order valence-corrected chi connectivity index (χ3v) is 2.63. The second kappa shape index (κ2) is 4.92. The van der Waals surface area contributed by atoms with Gasteiger partial charge in [0.2, 0.25) is 11.8 Å². The van der Waals surface area contributed by atoms with Crippen molar-refractivity contribution in [2.45, 2.75) is 10.2 Å². The molecular weight excluding hydrogens is 254 g/mol. The van der Waals surface area contributed by atoms with E-state index in [9.17, 15) is 0 Å². The van der Waals surface area contributed by atoms with Gasteiger partial charge in [-0.05, 0) is 11.8 Å². The van der Waals surface area contributed by atoms with E-state index in [1.165, 1.54) is 24.9 Å². The fourth-order valence-corrected chi connectivity index (χ4v) is 1.97. The fraction of sp³-hybridized carbons (Fsp3) is 0.111. The maximum absolute atomic E-state index is 5.57. The molecule has 6 N–H and O–H groups in total. The van der Waals surface area contributed by atoms with Crippen molar-refractivity contribution in [1.29, 1.82) is 0 Å². The highest BCUT2D eigenvalue weighted by molar-refractivity contribution is 7.99. The zero-order valence-corrected chi connectivity index (χ0v) is 10.3. The number of methoxy groups -OCH3 is 1. The molecular formula is C9H11N7OS.